The molecule has 2 N–H and O–H groups in total. The third kappa shape index (κ3) is 3.00. The van der Waals surface area contributed by atoms with E-state index in [1.165, 1.54) is 17.5 Å². The van der Waals surface area contributed by atoms with Gasteiger partial charge in [0.15, 0.2) is 0 Å². The molecule has 8 heteroatoms. The quantitative estimate of drug-likeness (QED) is 0.798. The lowest BCUT2D eigenvalue weighted by Gasteiger charge is -2.21. The first-order valence-corrected chi connectivity index (χ1v) is 8.22. The van der Waals surface area contributed by atoms with Crippen molar-refractivity contribution in [2.45, 2.75) is 19.0 Å². The number of hydrogen-bond acceptors (Lipinski definition) is 5. The molecule has 1 saturated heterocycles. The summed E-state index contributed by atoms with van der Waals surface area (Å²) in [4.78, 5) is 42.7. The molecule has 0 saturated carbocycles. The molecule has 3 rings (SSSR count). The van der Waals surface area contributed by atoms with E-state index in [1.54, 1.807) is 25.3 Å². The van der Waals surface area contributed by atoms with E-state index in [-0.39, 0.29) is 12.5 Å². The minimum absolute atomic E-state index is 0.314. The monoisotopic (exact) mass is 344 g/mol. The van der Waals surface area contributed by atoms with Crippen LogP contribution in [0.25, 0.3) is 0 Å². The lowest BCUT2D eigenvalue weighted by Crippen LogP contribution is -2.43. The summed E-state index contributed by atoms with van der Waals surface area (Å²) in [5, 5.41) is 7.26. The Bertz CT molecular complexity index is 763. The topological polar surface area (TPSA) is 91.4 Å². The molecule has 3 heterocycles. The molecule has 1 aliphatic rings. The number of amides is 4. The summed E-state index contributed by atoms with van der Waals surface area (Å²) >= 11 is 1.52. The lowest BCUT2D eigenvalue weighted by molar-refractivity contribution is -0.134. The number of imide groups is 1. The van der Waals surface area contributed by atoms with Crippen molar-refractivity contribution in [2.24, 2.45) is 0 Å². The van der Waals surface area contributed by atoms with Gasteiger partial charge in [0, 0.05) is 22.8 Å². The number of nitrogens with zero attached hydrogens (tertiary/aromatic N) is 2. The maximum atomic E-state index is 12.6. The Morgan fingerprint density at radius 1 is 1.38 bits per heavy atom. The second-order valence-electron chi connectivity index (χ2n) is 5.54. The third-order valence-electron chi connectivity index (χ3n) is 3.86. The van der Waals surface area contributed by atoms with Gasteiger partial charge in [-0.3, -0.25) is 19.5 Å². The number of pyridine rings is 1. The molecule has 1 aliphatic heterocycles. The predicted octanol–water partition coefficient (Wildman–Crippen LogP) is 1.23. The van der Waals surface area contributed by atoms with Gasteiger partial charge in [-0.25, -0.2) is 4.79 Å². The number of carbonyl (C=O) groups is 3. The van der Waals surface area contributed by atoms with E-state index in [9.17, 15) is 14.4 Å². The van der Waals surface area contributed by atoms with Crippen LogP contribution in [0, 0.1) is 0 Å². The van der Waals surface area contributed by atoms with E-state index < -0.39 is 17.5 Å². The van der Waals surface area contributed by atoms with Gasteiger partial charge in [0.25, 0.3) is 5.91 Å². The van der Waals surface area contributed by atoms with Crippen molar-refractivity contribution >= 4 is 29.2 Å². The highest BCUT2D eigenvalue weighted by atomic mass is 32.1. The van der Waals surface area contributed by atoms with Crippen LogP contribution in [0.2, 0.25) is 0 Å². The first-order chi connectivity index (χ1) is 11.5. The molecular weight excluding hydrogens is 328 g/mol. The van der Waals surface area contributed by atoms with Gasteiger partial charge in [0.1, 0.15) is 12.1 Å². The molecule has 24 heavy (non-hydrogen) atoms. The zero-order valence-corrected chi connectivity index (χ0v) is 13.8. The Balaban J connectivity index is 1.67. The molecule has 0 radical (unpaired) electrons. The van der Waals surface area contributed by atoms with Crippen molar-refractivity contribution < 1.29 is 14.4 Å². The summed E-state index contributed by atoms with van der Waals surface area (Å²) in [6, 6.07) is 6.61. The molecule has 124 valence electrons. The number of rotatable bonds is 5. The molecule has 4 amide bonds. The van der Waals surface area contributed by atoms with Gasteiger partial charge in [-0.15, -0.1) is 11.3 Å². The second-order valence-corrected chi connectivity index (χ2v) is 6.58. The minimum Gasteiger partial charge on any atom is -0.350 e. The van der Waals surface area contributed by atoms with Crippen molar-refractivity contribution in [1.82, 2.24) is 20.5 Å². The van der Waals surface area contributed by atoms with Gasteiger partial charge in [0.05, 0.1) is 6.54 Å². The van der Waals surface area contributed by atoms with E-state index in [0.29, 0.717) is 12.1 Å². The van der Waals surface area contributed by atoms with Crippen LogP contribution in [0.15, 0.2) is 42.0 Å². The Labute approximate surface area is 142 Å². The number of urea groups is 1. The molecule has 2 aromatic heterocycles. The van der Waals surface area contributed by atoms with E-state index in [0.717, 1.165) is 9.78 Å². The number of carbonyl (C=O) groups excluding carboxylic acids is 3. The van der Waals surface area contributed by atoms with Gasteiger partial charge in [-0.2, -0.15) is 0 Å². The van der Waals surface area contributed by atoms with Crippen LogP contribution in [0.3, 0.4) is 0 Å². The Morgan fingerprint density at radius 2 is 2.21 bits per heavy atom. The fourth-order valence-electron chi connectivity index (χ4n) is 2.49. The zero-order chi connectivity index (χ0) is 17.2. The lowest BCUT2D eigenvalue weighted by atomic mass is 9.93. The molecule has 0 spiro atoms. The summed E-state index contributed by atoms with van der Waals surface area (Å²) in [6.45, 7) is 1.67. The Kier molecular flexibility index (Phi) is 4.30. The fourth-order valence-corrected chi connectivity index (χ4v) is 3.14. The van der Waals surface area contributed by atoms with Gasteiger partial charge in [-0.1, -0.05) is 12.1 Å². The third-order valence-corrected chi connectivity index (χ3v) is 4.73. The average Bonchev–Trinajstić information content (AvgIpc) is 3.17. The van der Waals surface area contributed by atoms with Crippen molar-refractivity contribution in [1.29, 1.82) is 0 Å². The van der Waals surface area contributed by atoms with Gasteiger partial charge in [0.2, 0.25) is 5.91 Å². The van der Waals surface area contributed by atoms with Gasteiger partial charge >= 0.3 is 6.03 Å². The minimum atomic E-state index is -1.21. The first-order valence-electron chi connectivity index (χ1n) is 7.34. The summed E-state index contributed by atoms with van der Waals surface area (Å²) < 4.78 is 0. The normalized spacial score (nSPS) is 20.1. The number of nitrogens with one attached hydrogen (secondary N) is 2. The van der Waals surface area contributed by atoms with Crippen LogP contribution >= 0.6 is 11.3 Å². The van der Waals surface area contributed by atoms with Crippen LogP contribution < -0.4 is 10.6 Å². The number of aromatic nitrogens is 1. The Morgan fingerprint density at radius 3 is 2.88 bits per heavy atom. The summed E-state index contributed by atoms with van der Waals surface area (Å²) in [7, 11) is 0. The summed E-state index contributed by atoms with van der Waals surface area (Å²) in [6.07, 6.45) is 3.11. The van der Waals surface area contributed by atoms with Crippen molar-refractivity contribution in [3.63, 3.8) is 0 Å². The number of hydrogen-bond donors (Lipinski definition) is 2. The standard InChI is InChI=1S/C16H16N4O3S/c1-16(11-4-2-6-17-8-11)14(22)20(15(23)19-16)10-13(21)18-9-12-5-3-7-24-12/h2-8H,9-10H2,1H3,(H,18,21)(H,19,23). The van der Waals surface area contributed by atoms with Crippen LogP contribution in [-0.4, -0.2) is 34.3 Å². The van der Waals surface area contributed by atoms with Crippen LogP contribution in [0.5, 0.6) is 0 Å². The predicted molar refractivity (Wildman–Crippen MR) is 88.0 cm³/mol. The van der Waals surface area contributed by atoms with Gasteiger partial charge < -0.3 is 10.6 Å². The van der Waals surface area contributed by atoms with E-state index in [2.05, 4.69) is 15.6 Å². The molecule has 7 nitrogen and oxygen atoms in total. The van der Waals surface area contributed by atoms with Crippen molar-refractivity contribution in [3.8, 4) is 0 Å². The highest BCUT2D eigenvalue weighted by molar-refractivity contribution is 7.09. The van der Waals surface area contributed by atoms with Crippen molar-refractivity contribution in [2.75, 3.05) is 6.54 Å². The summed E-state index contributed by atoms with van der Waals surface area (Å²) in [5.74, 6) is -0.853. The first kappa shape index (κ1) is 16.1. The van der Waals surface area contributed by atoms with Crippen molar-refractivity contribution in [3.05, 3.63) is 52.5 Å². The highest BCUT2D eigenvalue weighted by Gasteiger charge is 2.49. The van der Waals surface area contributed by atoms with Gasteiger partial charge in [-0.05, 0) is 24.4 Å². The smallest absolute Gasteiger partial charge is 0.325 e. The molecule has 1 fully saturated rings. The molecule has 0 aromatic carbocycles. The molecule has 2 aromatic rings. The summed E-state index contributed by atoms with van der Waals surface area (Å²) in [5.41, 5.74) is -0.635. The average molecular weight is 344 g/mol. The molecule has 1 unspecified atom stereocenters. The van der Waals surface area contributed by atoms with Crippen LogP contribution in [-0.2, 0) is 21.7 Å². The van der Waals surface area contributed by atoms with Crippen LogP contribution in [0.1, 0.15) is 17.4 Å². The number of thiophene rings is 1. The van der Waals surface area contributed by atoms with E-state index >= 15 is 0 Å². The zero-order valence-electron chi connectivity index (χ0n) is 13.0. The Hall–Kier alpha value is -2.74. The molecule has 0 aliphatic carbocycles. The van der Waals surface area contributed by atoms with E-state index in [1.807, 2.05) is 17.5 Å². The molecule has 0 bridgehead atoms. The SMILES string of the molecule is CC1(c2cccnc2)NC(=O)N(CC(=O)NCc2cccs2)C1=O. The largest absolute Gasteiger partial charge is 0.350 e. The fraction of sp³-hybridized carbons (Fsp3) is 0.250. The van der Waals surface area contributed by atoms with E-state index in [4.69, 9.17) is 0 Å². The van der Waals surface area contributed by atoms with Crippen LogP contribution in [0.4, 0.5) is 4.79 Å². The second kappa shape index (κ2) is 6.40. The highest BCUT2D eigenvalue weighted by Crippen LogP contribution is 2.27. The molecule has 1 atom stereocenters. The molecular formula is C16H16N4O3S. The maximum absolute atomic E-state index is 12.6. The maximum Gasteiger partial charge on any atom is 0.325 e.